The monoisotopic (exact) mass is 535 g/mol. The number of halogens is 1. The van der Waals surface area contributed by atoms with E-state index >= 15 is 0 Å². The standard InChI is InChI=1S/C16H15FN2O.C4H9NO.C3H7NO.C2H7N.2C2H6/c1-8-9(2)15(18-10(8)3)7-13-12-6-11(17)4-5-14(12)19-16(13)20;1-3-5(2)4-6;1-2-4-3-5;1-3-2;2*1-2/h4-7,18H,1-3H3,(H,19,20);4H,3H2,1-2H3;3H,2H2,1H3,(H,4,5);3H,1-2H3;2*1-2H3/b13-7-;;;;;. The van der Waals surface area contributed by atoms with E-state index in [1.165, 1.54) is 17.7 Å². The molecule has 2 heterocycles. The van der Waals surface area contributed by atoms with Crippen LogP contribution < -0.4 is 16.0 Å². The number of carbonyl (C=O) groups excluding carboxylic acids is 3. The summed E-state index contributed by atoms with van der Waals surface area (Å²) < 4.78 is 13.4. The van der Waals surface area contributed by atoms with E-state index in [-0.39, 0.29) is 11.7 Å². The van der Waals surface area contributed by atoms with Gasteiger partial charge in [-0.25, -0.2) is 4.39 Å². The lowest BCUT2D eigenvalue weighted by Crippen LogP contribution is -2.13. The van der Waals surface area contributed by atoms with Gasteiger partial charge in [-0.05, 0) is 84.1 Å². The summed E-state index contributed by atoms with van der Waals surface area (Å²) in [5.74, 6) is -0.545. The lowest BCUT2D eigenvalue weighted by Gasteiger charge is -2.01. The number of aromatic amines is 1. The number of aryl methyl sites for hydroxylation is 1. The predicted octanol–water partition coefficient (Wildman–Crippen LogP) is 5.31. The highest BCUT2D eigenvalue weighted by Crippen LogP contribution is 2.34. The molecule has 9 heteroatoms. The van der Waals surface area contributed by atoms with Crippen LogP contribution in [-0.2, 0) is 14.4 Å². The minimum absolute atomic E-state index is 0.199. The van der Waals surface area contributed by atoms with E-state index in [1.807, 2.05) is 76.4 Å². The van der Waals surface area contributed by atoms with Crippen molar-refractivity contribution in [2.24, 2.45) is 0 Å². The number of hydrogen-bond donors (Lipinski definition) is 4. The Kier molecular flexibility index (Phi) is 24.6. The van der Waals surface area contributed by atoms with Crippen molar-refractivity contribution in [3.63, 3.8) is 0 Å². The number of benzene rings is 1. The van der Waals surface area contributed by atoms with E-state index in [0.29, 0.717) is 23.2 Å². The van der Waals surface area contributed by atoms with E-state index in [9.17, 15) is 18.8 Å². The molecule has 0 saturated carbocycles. The van der Waals surface area contributed by atoms with Gasteiger partial charge < -0.3 is 25.8 Å². The molecule has 3 rings (SSSR count). The normalized spacial score (nSPS) is 11.1. The Bertz CT molecular complexity index is 971. The Labute approximate surface area is 229 Å². The molecule has 2 aromatic rings. The Morgan fingerprint density at radius 3 is 1.89 bits per heavy atom. The molecule has 0 spiro atoms. The maximum atomic E-state index is 13.4. The molecule has 0 atom stereocenters. The lowest BCUT2D eigenvalue weighted by atomic mass is 10.0. The number of rotatable bonds is 5. The third kappa shape index (κ3) is 14.3. The average molecular weight is 536 g/mol. The number of hydrogen-bond acceptors (Lipinski definition) is 4. The summed E-state index contributed by atoms with van der Waals surface area (Å²) in [5, 5.41) is 7.93. The van der Waals surface area contributed by atoms with Gasteiger partial charge in [-0.3, -0.25) is 14.4 Å². The van der Waals surface area contributed by atoms with Crippen molar-refractivity contribution in [2.75, 3.05) is 39.5 Å². The number of anilines is 1. The highest BCUT2D eigenvalue weighted by Gasteiger charge is 2.25. The Morgan fingerprint density at radius 2 is 1.55 bits per heavy atom. The van der Waals surface area contributed by atoms with Gasteiger partial charge in [0.15, 0.2) is 0 Å². The largest absolute Gasteiger partial charge is 0.359 e. The first-order valence-electron chi connectivity index (χ1n) is 13.0. The van der Waals surface area contributed by atoms with Crippen LogP contribution >= 0.6 is 0 Å². The van der Waals surface area contributed by atoms with Gasteiger partial charge in [-0.2, -0.15) is 0 Å². The van der Waals surface area contributed by atoms with Crippen LogP contribution in [0.15, 0.2) is 18.2 Å². The minimum Gasteiger partial charge on any atom is -0.359 e. The van der Waals surface area contributed by atoms with Gasteiger partial charge in [-0.1, -0.05) is 27.7 Å². The number of carbonyl (C=O) groups is 3. The van der Waals surface area contributed by atoms with Crippen LogP contribution in [0.4, 0.5) is 10.1 Å². The molecule has 0 unspecified atom stereocenters. The van der Waals surface area contributed by atoms with Crippen molar-refractivity contribution in [3.8, 4) is 0 Å². The second-order valence-electron chi connectivity index (χ2n) is 7.47. The molecule has 1 aliphatic rings. The van der Waals surface area contributed by atoms with E-state index in [4.69, 9.17) is 0 Å². The fraction of sp³-hybridized carbons (Fsp3) is 0.483. The number of nitrogens with one attached hydrogen (secondary N) is 4. The third-order valence-corrected chi connectivity index (χ3v) is 4.87. The van der Waals surface area contributed by atoms with Gasteiger partial charge in [-0.15, -0.1) is 0 Å². The van der Waals surface area contributed by atoms with Crippen LogP contribution in [0.25, 0.3) is 11.6 Å². The number of fused-ring (bicyclic) bond motifs is 1. The topological polar surface area (TPSA) is 106 Å². The highest BCUT2D eigenvalue weighted by atomic mass is 19.1. The number of nitrogens with zero attached hydrogens (tertiary/aromatic N) is 1. The molecular formula is C29H50FN5O3. The van der Waals surface area contributed by atoms with Gasteiger partial charge in [0.1, 0.15) is 5.82 Å². The Hall–Kier alpha value is -3.46. The number of aromatic nitrogens is 1. The van der Waals surface area contributed by atoms with Crippen molar-refractivity contribution < 1.29 is 18.8 Å². The minimum atomic E-state index is -0.346. The molecule has 8 nitrogen and oxygen atoms in total. The molecule has 0 aliphatic carbocycles. The maximum Gasteiger partial charge on any atom is 0.256 e. The second-order valence-corrected chi connectivity index (χ2v) is 7.47. The van der Waals surface area contributed by atoms with Crippen LogP contribution in [-0.4, -0.2) is 62.8 Å². The number of H-pyrrole nitrogens is 1. The zero-order chi connectivity index (χ0) is 30.3. The van der Waals surface area contributed by atoms with Crippen molar-refractivity contribution in [1.82, 2.24) is 20.5 Å². The summed E-state index contributed by atoms with van der Waals surface area (Å²) in [4.78, 5) is 35.8. The number of amides is 3. The molecule has 3 amide bonds. The van der Waals surface area contributed by atoms with Crippen molar-refractivity contribution in [2.45, 2.75) is 62.3 Å². The quantitative estimate of drug-likeness (QED) is 0.308. The lowest BCUT2D eigenvalue weighted by molar-refractivity contribution is -0.116. The fourth-order valence-electron chi connectivity index (χ4n) is 2.62. The Morgan fingerprint density at radius 1 is 1.00 bits per heavy atom. The van der Waals surface area contributed by atoms with Gasteiger partial charge in [0.2, 0.25) is 12.8 Å². The highest BCUT2D eigenvalue weighted by molar-refractivity contribution is 6.34. The molecule has 1 aliphatic heterocycles. The maximum absolute atomic E-state index is 13.4. The fourth-order valence-corrected chi connectivity index (χ4v) is 2.62. The molecule has 0 bridgehead atoms. The molecule has 216 valence electrons. The molecular weight excluding hydrogens is 485 g/mol. The van der Waals surface area contributed by atoms with Crippen LogP contribution in [0.3, 0.4) is 0 Å². The van der Waals surface area contributed by atoms with Crippen molar-refractivity contribution in [1.29, 1.82) is 0 Å². The van der Waals surface area contributed by atoms with Gasteiger partial charge in [0.05, 0.1) is 5.57 Å². The molecule has 1 aromatic heterocycles. The van der Waals surface area contributed by atoms with Gasteiger partial charge in [0, 0.05) is 42.8 Å². The summed E-state index contributed by atoms with van der Waals surface area (Å²) in [6, 6.07) is 4.31. The van der Waals surface area contributed by atoms with Crippen LogP contribution in [0.5, 0.6) is 0 Å². The molecule has 0 radical (unpaired) electrons. The molecule has 0 saturated heterocycles. The van der Waals surface area contributed by atoms with E-state index in [0.717, 1.165) is 36.5 Å². The summed E-state index contributed by atoms with van der Waals surface area (Å²) >= 11 is 0. The van der Waals surface area contributed by atoms with Gasteiger partial charge >= 0.3 is 0 Å². The second kappa shape index (κ2) is 23.9. The first-order chi connectivity index (χ1) is 18.1. The smallest absolute Gasteiger partial charge is 0.256 e. The van der Waals surface area contributed by atoms with Crippen LogP contribution in [0, 0.1) is 26.6 Å². The molecule has 1 aromatic carbocycles. The third-order valence-electron chi connectivity index (χ3n) is 4.87. The first kappa shape index (κ1) is 39.1. The van der Waals surface area contributed by atoms with Gasteiger partial charge in [0.25, 0.3) is 5.91 Å². The summed E-state index contributed by atoms with van der Waals surface area (Å²) in [5.41, 5.74) is 6.00. The van der Waals surface area contributed by atoms with E-state index in [2.05, 4.69) is 20.9 Å². The zero-order valence-electron chi connectivity index (χ0n) is 25.4. The summed E-state index contributed by atoms with van der Waals surface area (Å²) in [6.07, 6.45) is 3.27. The zero-order valence-corrected chi connectivity index (χ0v) is 25.4. The summed E-state index contributed by atoms with van der Waals surface area (Å²) in [6.45, 7) is 19.3. The van der Waals surface area contributed by atoms with Crippen LogP contribution in [0.1, 0.15) is 69.6 Å². The predicted molar refractivity (Wildman–Crippen MR) is 160 cm³/mol. The van der Waals surface area contributed by atoms with Crippen LogP contribution in [0.2, 0.25) is 0 Å². The SMILES string of the molecule is CC.CC.CCN(C)C=O.CCNC=O.CNC.Cc1[nH]c(/C=C2\C(=O)Nc3ccc(F)cc32)c(C)c1C. The van der Waals surface area contributed by atoms with Crippen molar-refractivity contribution >= 4 is 36.1 Å². The first-order valence-corrected chi connectivity index (χ1v) is 13.0. The molecule has 4 N–H and O–H groups in total. The molecule has 0 fully saturated rings. The Balaban J connectivity index is -0.000000564. The van der Waals surface area contributed by atoms with Crippen molar-refractivity contribution in [3.05, 3.63) is 52.1 Å². The van der Waals surface area contributed by atoms with E-state index in [1.54, 1.807) is 24.1 Å². The molecule has 38 heavy (non-hydrogen) atoms. The van der Waals surface area contributed by atoms with E-state index < -0.39 is 0 Å². The average Bonchev–Trinajstić information content (AvgIpc) is 3.37. The summed E-state index contributed by atoms with van der Waals surface area (Å²) in [7, 11) is 5.49.